The second-order valence-electron chi connectivity index (χ2n) is 6.80. The van der Waals surface area contributed by atoms with Gasteiger partial charge in [-0.15, -0.1) is 0 Å². The molecule has 1 unspecified atom stereocenters. The fourth-order valence-electron chi connectivity index (χ4n) is 3.04. The van der Waals surface area contributed by atoms with Gasteiger partial charge < -0.3 is 4.90 Å². The zero-order chi connectivity index (χ0) is 18.0. The zero-order valence-electron chi connectivity index (χ0n) is 14.6. The molecule has 1 fully saturated rings. The SMILES string of the molecule is CC(C1CC1)N(Cc1ccccc1)C(=O)c1cccc(S(C)(=O)=O)c1. The molecule has 1 amide bonds. The average molecular weight is 357 g/mol. The van der Waals surface area contributed by atoms with Gasteiger partial charge in [0.05, 0.1) is 4.90 Å². The third-order valence-corrected chi connectivity index (χ3v) is 5.87. The fraction of sp³-hybridized carbons (Fsp3) is 0.350. The number of hydrogen-bond acceptors (Lipinski definition) is 3. The first-order chi connectivity index (χ1) is 11.9. The Kier molecular flexibility index (Phi) is 4.95. The van der Waals surface area contributed by atoms with E-state index >= 15 is 0 Å². The summed E-state index contributed by atoms with van der Waals surface area (Å²) in [5.74, 6) is 0.416. The normalized spacial score (nSPS) is 15.6. The highest BCUT2D eigenvalue weighted by molar-refractivity contribution is 7.90. The van der Waals surface area contributed by atoms with Gasteiger partial charge in [0.2, 0.25) is 0 Å². The van der Waals surface area contributed by atoms with E-state index in [1.807, 2.05) is 35.2 Å². The van der Waals surface area contributed by atoms with Gasteiger partial charge in [-0.25, -0.2) is 8.42 Å². The predicted octanol–water partition coefficient (Wildman–Crippen LogP) is 3.53. The van der Waals surface area contributed by atoms with Crippen LogP contribution < -0.4 is 0 Å². The Bertz CT molecular complexity index is 858. The molecule has 0 aromatic heterocycles. The molecule has 3 rings (SSSR count). The molecule has 1 aliphatic rings. The second-order valence-corrected chi connectivity index (χ2v) is 8.81. The second kappa shape index (κ2) is 7.00. The van der Waals surface area contributed by atoms with Crippen LogP contribution in [0.4, 0.5) is 0 Å². The van der Waals surface area contributed by atoms with Crippen molar-refractivity contribution in [2.75, 3.05) is 6.26 Å². The van der Waals surface area contributed by atoms with Gasteiger partial charge in [0.15, 0.2) is 9.84 Å². The van der Waals surface area contributed by atoms with Crippen LogP contribution in [0.2, 0.25) is 0 Å². The van der Waals surface area contributed by atoms with E-state index in [1.165, 1.54) is 12.1 Å². The number of amides is 1. The molecule has 0 bridgehead atoms. The number of carbonyl (C=O) groups excluding carboxylic acids is 1. The summed E-state index contributed by atoms with van der Waals surface area (Å²) >= 11 is 0. The largest absolute Gasteiger partial charge is 0.331 e. The van der Waals surface area contributed by atoms with Gasteiger partial charge in [0, 0.05) is 24.4 Å². The lowest BCUT2D eigenvalue weighted by Crippen LogP contribution is -2.39. The van der Waals surface area contributed by atoms with E-state index in [0.717, 1.165) is 24.7 Å². The Morgan fingerprint density at radius 3 is 2.40 bits per heavy atom. The molecule has 0 radical (unpaired) electrons. The topological polar surface area (TPSA) is 54.5 Å². The minimum Gasteiger partial charge on any atom is -0.331 e. The summed E-state index contributed by atoms with van der Waals surface area (Å²) in [4.78, 5) is 15.2. The quantitative estimate of drug-likeness (QED) is 0.795. The molecular weight excluding hydrogens is 334 g/mol. The van der Waals surface area contributed by atoms with Crippen LogP contribution in [0.15, 0.2) is 59.5 Å². The van der Waals surface area contributed by atoms with Crippen molar-refractivity contribution in [3.05, 3.63) is 65.7 Å². The molecule has 25 heavy (non-hydrogen) atoms. The van der Waals surface area contributed by atoms with Crippen molar-refractivity contribution in [3.63, 3.8) is 0 Å². The number of sulfone groups is 1. The first-order valence-electron chi connectivity index (χ1n) is 8.51. The first-order valence-corrected chi connectivity index (χ1v) is 10.4. The number of benzene rings is 2. The monoisotopic (exact) mass is 357 g/mol. The maximum Gasteiger partial charge on any atom is 0.254 e. The van der Waals surface area contributed by atoms with Crippen LogP contribution in [-0.4, -0.2) is 31.5 Å². The van der Waals surface area contributed by atoms with E-state index in [9.17, 15) is 13.2 Å². The van der Waals surface area contributed by atoms with Gasteiger partial charge in [-0.05, 0) is 49.4 Å². The van der Waals surface area contributed by atoms with Crippen LogP contribution in [0.5, 0.6) is 0 Å². The Balaban J connectivity index is 1.91. The third kappa shape index (κ3) is 4.28. The Morgan fingerprint density at radius 2 is 1.80 bits per heavy atom. The first kappa shape index (κ1) is 17.7. The third-order valence-electron chi connectivity index (χ3n) is 4.76. The van der Waals surface area contributed by atoms with E-state index in [1.54, 1.807) is 12.1 Å². The smallest absolute Gasteiger partial charge is 0.254 e. The lowest BCUT2D eigenvalue weighted by Gasteiger charge is -2.30. The molecule has 0 heterocycles. The Hall–Kier alpha value is -2.14. The molecule has 5 heteroatoms. The van der Waals surface area contributed by atoms with Crippen LogP contribution >= 0.6 is 0 Å². The minimum absolute atomic E-state index is 0.117. The van der Waals surface area contributed by atoms with Crippen molar-refractivity contribution in [2.24, 2.45) is 5.92 Å². The van der Waals surface area contributed by atoms with Crippen molar-refractivity contribution in [1.82, 2.24) is 4.90 Å². The molecule has 2 aromatic carbocycles. The summed E-state index contributed by atoms with van der Waals surface area (Å²) in [6, 6.07) is 16.4. The fourth-order valence-corrected chi connectivity index (χ4v) is 3.71. The Labute approximate surface area is 149 Å². The summed E-state index contributed by atoms with van der Waals surface area (Å²) in [6.07, 6.45) is 3.44. The summed E-state index contributed by atoms with van der Waals surface area (Å²) in [7, 11) is -3.34. The van der Waals surface area contributed by atoms with E-state index in [-0.39, 0.29) is 16.8 Å². The predicted molar refractivity (Wildman–Crippen MR) is 98.1 cm³/mol. The molecule has 0 N–H and O–H groups in total. The number of carbonyl (C=O) groups is 1. The highest BCUT2D eigenvalue weighted by Crippen LogP contribution is 2.36. The van der Waals surface area contributed by atoms with Crippen molar-refractivity contribution in [2.45, 2.75) is 37.2 Å². The lowest BCUT2D eigenvalue weighted by atomic mass is 10.1. The van der Waals surface area contributed by atoms with Crippen LogP contribution in [0.3, 0.4) is 0 Å². The molecular formula is C20H23NO3S. The minimum atomic E-state index is -3.34. The highest BCUT2D eigenvalue weighted by Gasteiger charge is 2.34. The van der Waals surface area contributed by atoms with Crippen molar-refractivity contribution in [1.29, 1.82) is 0 Å². The summed E-state index contributed by atoms with van der Waals surface area (Å²) in [5.41, 5.74) is 1.49. The molecule has 0 spiro atoms. The summed E-state index contributed by atoms with van der Waals surface area (Å²) in [5, 5.41) is 0. The Morgan fingerprint density at radius 1 is 1.12 bits per heavy atom. The van der Waals surface area contributed by atoms with Gasteiger partial charge in [-0.2, -0.15) is 0 Å². The van der Waals surface area contributed by atoms with Gasteiger partial charge >= 0.3 is 0 Å². The van der Waals surface area contributed by atoms with Crippen molar-refractivity contribution < 1.29 is 13.2 Å². The molecule has 0 aliphatic heterocycles. The van der Waals surface area contributed by atoms with Gasteiger partial charge in [0.1, 0.15) is 0 Å². The average Bonchev–Trinajstić information content (AvgIpc) is 3.44. The summed E-state index contributed by atoms with van der Waals surface area (Å²) < 4.78 is 23.6. The summed E-state index contributed by atoms with van der Waals surface area (Å²) in [6.45, 7) is 2.61. The van der Waals surface area contributed by atoms with Gasteiger partial charge in [0.25, 0.3) is 5.91 Å². The van der Waals surface area contributed by atoms with E-state index in [0.29, 0.717) is 18.0 Å². The van der Waals surface area contributed by atoms with E-state index < -0.39 is 9.84 Å². The standard InChI is InChI=1S/C20H23NO3S/c1-15(17-11-12-17)21(14-16-7-4-3-5-8-16)20(22)18-9-6-10-19(13-18)25(2,23)24/h3-10,13,15,17H,11-12,14H2,1-2H3. The van der Waals surface area contributed by atoms with E-state index in [2.05, 4.69) is 6.92 Å². The van der Waals surface area contributed by atoms with Gasteiger partial charge in [-0.1, -0.05) is 36.4 Å². The van der Waals surface area contributed by atoms with Crippen LogP contribution in [0, 0.1) is 5.92 Å². The lowest BCUT2D eigenvalue weighted by molar-refractivity contribution is 0.0654. The number of rotatable bonds is 6. The molecule has 1 aliphatic carbocycles. The molecule has 0 saturated heterocycles. The maximum absolute atomic E-state index is 13.1. The number of nitrogens with zero attached hydrogens (tertiary/aromatic N) is 1. The molecule has 1 atom stereocenters. The molecule has 1 saturated carbocycles. The van der Waals surface area contributed by atoms with Crippen LogP contribution in [0.25, 0.3) is 0 Å². The molecule has 2 aromatic rings. The van der Waals surface area contributed by atoms with Crippen molar-refractivity contribution >= 4 is 15.7 Å². The van der Waals surface area contributed by atoms with Crippen LogP contribution in [-0.2, 0) is 16.4 Å². The van der Waals surface area contributed by atoms with Crippen LogP contribution in [0.1, 0.15) is 35.7 Å². The number of hydrogen-bond donors (Lipinski definition) is 0. The van der Waals surface area contributed by atoms with Gasteiger partial charge in [-0.3, -0.25) is 4.79 Å². The maximum atomic E-state index is 13.1. The molecule has 132 valence electrons. The van der Waals surface area contributed by atoms with Crippen molar-refractivity contribution in [3.8, 4) is 0 Å². The zero-order valence-corrected chi connectivity index (χ0v) is 15.4. The van der Waals surface area contributed by atoms with E-state index in [4.69, 9.17) is 0 Å². The highest BCUT2D eigenvalue weighted by atomic mass is 32.2. The molecule has 4 nitrogen and oxygen atoms in total.